The highest BCUT2D eigenvalue weighted by Gasteiger charge is 2.28. The third-order valence-electron chi connectivity index (χ3n) is 6.53. The van der Waals surface area contributed by atoms with Gasteiger partial charge in [0.05, 0.1) is 18.9 Å². The van der Waals surface area contributed by atoms with Crippen molar-refractivity contribution in [1.29, 1.82) is 0 Å². The lowest BCUT2D eigenvalue weighted by atomic mass is 9.89. The van der Waals surface area contributed by atoms with Crippen LogP contribution in [0.2, 0.25) is 5.02 Å². The van der Waals surface area contributed by atoms with Crippen molar-refractivity contribution in [3.05, 3.63) is 86.4 Å². The van der Waals surface area contributed by atoms with Crippen molar-refractivity contribution >= 4 is 17.2 Å². The van der Waals surface area contributed by atoms with Crippen LogP contribution in [0.4, 0.5) is 4.39 Å². The Kier molecular flexibility index (Phi) is 6.25. The maximum atomic E-state index is 15.0. The van der Waals surface area contributed by atoms with Crippen molar-refractivity contribution < 1.29 is 13.9 Å². The first-order valence-corrected chi connectivity index (χ1v) is 11.7. The first-order valence-electron chi connectivity index (χ1n) is 11.3. The lowest BCUT2D eigenvalue weighted by molar-refractivity contribution is 0.00442. The molecule has 1 aliphatic rings. The number of pyridine rings is 1. The summed E-state index contributed by atoms with van der Waals surface area (Å²) in [4.78, 5) is 26.8. The van der Waals surface area contributed by atoms with E-state index in [2.05, 4.69) is 9.97 Å². The molecule has 0 spiro atoms. The predicted molar refractivity (Wildman–Crippen MR) is 131 cm³/mol. The number of ether oxygens (including phenoxy) is 2. The van der Waals surface area contributed by atoms with Crippen LogP contribution < -0.4 is 10.3 Å². The number of fused-ring (bicyclic) bond motifs is 1. The molecule has 1 saturated heterocycles. The summed E-state index contributed by atoms with van der Waals surface area (Å²) in [6.45, 7) is 4.02. The van der Waals surface area contributed by atoms with E-state index in [4.69, 9.17) is 26.1 Å². The number of halogens is 2. The fourth-order valence-electron chi connectivity index (χ4n) is 4.45. The van der Waals surface area contributed by atoms with Crippen LogP contribution in [-0.4, -0.2) is 33.1 Å². The highest BCUT2D eigenvalue weighted by atomic mass is 35.5. The highest BCUT2D eigenvalue weighted by Crippen LogP contribution is 2.38. The molecule has 1 fully saturated rings. The Hall–Kier alpha value is -3.36. The van der Waals surface area contributed by atoms with Gasteiger partial charge in [-0.05, 0) is 56.5 Å². The number of hydrogen-bond acceptors (Lipinski definition) is 6. The zero-order valence-electron chi connectivity index (χ0n) is 19.6. The molecular weight excluding hydrogens is 471 g/mol. The van der Waals surface area contributed by atoms with Crippen LogP contribution in [0, 0.1) is 19.7 Å². The van der Waals surface area contributed by atoms with Gasteiger partial charge in [-0.25, -0.2) is 19.3 Å². The quantitative estimate of drug-likeness (QED) is 0.388. The fourth-order valence-corrected chi connectivity index (χ4v) is 4.61. The molecule has 2 atom stereocenters. The first-order chi connectivity index (χ1) is 16.9. The number of benzene rings is 1. The molecule has 0 aliphatic carbocycles. The fraction of sp³-hybridized carbons (Fsp3) is 0.308. The van der Waals surface area contributed by atoms with Gasteiger partial charge in [-0.2, -0.15) is 0 Å². The summed E-state index contributed by atoms with van der Waals surface area (Å²) in [5, 5.41) is 0.281. The molecule has 7 nitrogen and oxygen atoms in total. The number of rotatable bonds is 4. The van der Waals surface area contributed by atoms with Crippen LogP contribution in [0.15, 0.2) is 47.5 Å². The van der Waals surface area contributed by atoms with Crippen molar-refractivity contribution in [2.75, 3.05) is 13.7 Å². The molecular formula is C26H24ClFN4O3. The summed E-state index contributed by atoms with van der Waals surface area (Å²) in [5.74, 6) is -0.0220. The van der Waals surface area contributed by atoms with Gasteiger partial charge in [0.2, 0.25) is 5.88 Å². The summed E-state index contributed by atoms with van der Waals surface area (Å²) in [5.41, 5.74) is 3.42. The van der Waals surface area contributed by atoms with Gasteiger partial charge in [0.15, 0.2) is 5.65 Å². The summed E-state index contributed by atoms with van der Waals surface area (Å²) in [6, 6.07) is 8.17. The molecule has 0 saturated carbocycles. The van der Waals surface area contributed by atoms with Gasteiger partial charge < -0.3 is 9.47 Å². The van der Waals surface area contributed by atoms with Crippen molar-refractivity contribution in [3.8, 4) is 17.1 Å². The van der Waals surface area contributed by atoms with Crippen LogP contribution in [0.3, 0.4) is 0 Å². The maximum absolute atomic E-state index is 15.0. The van der Waals surface area contributed by atoms with Crippen LogP contribution in [0.25, 0.3) is 16.9 Å². The first kappa shape index (κ1) is 23.4. The molecule has 35 heavy (non-hydrogen) atoms. The summed E-state index contributed by atoms with van der Waals surface area (Å²) in [6.07, 6.45) is 4.59. The van der Waals surface area contributed by atoms with Gasteiger partial charge >= 0.3 is 0 Å². The summed E-state index contributed by atoms with van der Waals surface area (Å²) >= 11 is 5.98. The van der Waals surface area contributed by atoms with E-state index in [1.54, 1.807) is 45.5 Å². The molecule has 3 aromatic heterocycles. The van der Waals surface area contributed by atoms with Gasteiger partial charge in [0, 0.05) is 52.8 Å². The van der Waals surface area contributed by atoms with Crippen molar-refractivity contribution in [2.45, 2.75) is 38.7 Å². The molecule has 9 heteroatoms. The average Bonchev–Trinajstić information content (AvgIpc) is 2.87. The SMILES string of the molecule is COc1cc([C@H]2C[C@@H](c3cn4c(=O)c(C)c(C)nc4c(-c4ccc(Cl)cc4F)n3)CCO2)ccn1. The van der Waals surface area contributed by atoms with Crippen molar-refractivity contribution in [2.24, 2.45) is 0 Å². The molecule has 180 valence electrons. The molecule has 0 radical (unpaired) electrons. The summed E-state index contributed by atoms with van der Waals surface area (Å²) in [7, 11) is 1.57. The molecule has 0 unspecified atom stereocenters. The van der Waals surface area contributed by atoms with E-state index in [1.165, 1.54) is 10.5 Å². The number of aryl methyl sites for hydroxylation is 1. The average molecular weight is 495 g/mol. The third kappa shape index (κ3) is 4.39. The molecule has 4 aromatic rings. The molecule has 5 rings (SSSR count). The Morgan fingerprint density at radius 2 is 2.03 bits per heavy atom. The summed E-state index contributed by atoms with van der Waals surface area (Å²) < 4.78 is 27.8. The molecule has 1 aromatic carbocycles. The Bertz CT molecular complexity index is 1490. The Morgan fingerprint density at radius 3 is 2.80 bits per heavy atom. The molecule has 0 amide bonds. The lowest BCUT2D eigenvalue weighted by Crippen LogP contribution is -2.24. The van der Waals surface area contributed by atoms with Crippen LogP contribution in [-0.2, 0) is 4.74 Å². The van der Waals surface area contributed by atoms with Crippen LogP contribution in [0.1, 0.15) is 47.4 Å². The van der Waals surface area contributed by atoms with Gasteiger partial charge in [-0.1, -0.05) is 11.6 Å². The van der Waals surface area contributed by atoms with E-state index in [0.717, 1.165) is 5.56 Å². The predicted octanol–water partition coefficient (Wildman–Crippen LogP) is 5.20. The minimum Gasteiger partial charge on any atom is -0.481 e. The Labute approximate surface area is 206 Å². The van der Waals surface area contributed by atoms with Gasteiger partial charge in [0.25, 0.3) is 5.56 Å². The second-order valence-corrected chi connectivity index (χ2v) is 9.11. The number of hydrogen-bond donors (Lipinski definition) is 0. The van der Waals surface area contributed by atoms with Crippen LogP contribution >= 0.6 is 11.6 Å². The number of nitrogens with zero attached hydrogens (tertiary/aromatic N) is 4. The second kappa shape index (κ2) is 9.36. The standard InChI is InChI=1S/C26H24ClFN4O3/c1-14-15(2)30-25-24(19-5-4-18(27)12-20(19)28)31-21(13-32(25)26(14)33)16-7-9-35-22(10-16)17-6-8-29-23(11-17)34-3/h4-6,8,11-13,16,22H,7,9-10H2,1-3H3/t16-,22+/m0/s1. The number of aromatic nitrogens is 4. The minimum atomic E-state index is -0.523. The third-order valence-corrected chi connectivity index (χ3v) is 6.76. The van der Waals surface area contributed by atoms with Gasteiger partial charge in [-0.15, -0.1) is 0 Å². The molecule has 1 aliphatic heterocycles. The number of methoxy groups -OCH3 is 1. The van der Waals surface area contributed by atoms with Gasteiger partial charge in [-0.3, -0.25) is 9.20 Å². The smallest absolute Gasteiger partial charge is 0.261 e. The van der Waals surface area contributed by atoms with E-state index in [9.17, 15) is 9.18 Å². The molecule has 0 N–H and O–H groups in total. The van der Waals surface area contributed by atoms with E-state index in [-0.39, 0.29) is 28.2 Å². The zero-order valence-corrected chi connectivity index (χ0v) is 20.3. The minimum absolute atomic E-state index is 0.0140. The Morgan fingerprint density at radius 1 is 1.20 bits per heavy atom. The van der Waals surface area contributed by atoms with Crippen molar-refractivity contribution in [3.63, 3.8) is 0 Å². The normalized spacial score (nSPS) is 18.1. The maximum Gasteiger partial charge on any atom is 0.261 e. The molecule has 0 bridgehead atoms. The van der Waals surface area contributed by atoms with Gasteiger partial charge in [0.1, 0.15) is 11.5 Å². The van der Waals surface area contributed by atoms with E-state index in [1.807, 2.05) is 12.1 Å². The largest absolute Gasteiger partial charge is 0.481 e. The van der Waals surface area contributed by atoms with E-state index < -0.39 is 5.82 Å². The highest BCUT2D eigenvalue weighted by molar-refractivity contribution is 6.30. The monoisotopic (exact) mass is 494 g/mol. The van der Waals surface area contributed by atoms with Crippen LogP contribution in [0.5, 0.6) is 5.88 Å². The Balaban J connectivity index is 1.64. The molecule has 4 heterocycles. The van der Waals surface area contributed by atoms with E-state index >= 15 is 0 Å². The lowest BCUT2D eigenvalue weighted by Gasteiger charge is -2.30. The van der Waals surface area contributed by atoms with Crippen molar-refractivity contribution in [1.82, 2.24) is 19.4 Å². The zero-order chi connectivity index (χ0) is 24.7. The second-order valence-electron chi connectivity index (χ2n) is 8.67. The topological polar surface area (TPSA) is 78.6 Å². The van der Waals surface area contributed by atoms with E-state index in [0.29, 0.717) is 53.6 Å².